The molecule has 21 heavy (non-hydrogen) atoms. The molecule has 0 aromatic heterocycles. The van der Waals surface area contributed by atoms with E-state index < -0.39 is 10.0 Å². The Labute approximate surface area is 126 Å². The minimum Gasteiger partial charge on any atom is -0.492 e. The first-order valence-corrected chi connectivity index (χ1v) is 8.99. The zero-order valence-corrected chi connectivity index (χ0v) is 13.3. The van der Waals surface area contributed by atoms with Crippen molar-refractivity contribution in [1.29, 1.82) is 0 Å². The smallest absolute Gasteiger partial charge is 0.211 e. The van der Waals surface area contributed by atoms with Crippen molar-refractivity contribution in [3.05, 3.63) is 18.2 Å². The van der Waals surface area contributed by atoms with Gasteiger partial charge in [-0.25, -0.2) is 12.7 Å². The topological polar surface area (TPSA) is 84.7 Å². The van der Waals surface area contributed by atoms with Gasteiger partial charge in [0.05, 0.1) is 24.2 Å². The normalized spacial score (nSPS) is 17.6. The number of nitrogens with two attached hydrogens (primary N) is 1. The number of nitrogens with one attached hydrogen (secondary N) is 1. The number of sulfonamides is 1. The van der Waals surface area contributed by atoms with Gasteiger partial charge < -0.3 is 15.8 Å². The average molecular weight is 313 g/mol. The van der Waals surface area contributed by atoms with Crippen molar-refractivity contribution in [3.63, 3.8) is 0 Å². The number of rotatable bonds is 5. The number of para-hydroxylation sites is 1. The molecule has 7 heteroatoms. The average Bonchev–Trinajstić information content (AvgIpc) is 2.43. The largest absolute Gasteiger partial charge is 0.492 e. The molecule has 0 radical (unpaired) electrons. The maximum atomic E-state index is 11.5. The summed E-state index contributed by atoms with van der Waals surface area (Å²) in [5.74, 6) is 0.677. The van der Waals surface area contributed by atoms with Crippen LogP contribution in [0, 0.1) is 0 Å². The Balaban J connectivity index is 1.99. The first kappa shape index (κ1) is 15.9. The molecule has 0 unspecified atom stereocenters. The number of ether oxygens (including phenoxy) is 1. The van der Waals surface area contributed by atoms with Crippen molar-refractivity contribution >= 4 is 21.4 Å². The minimum absolute atomic E-state index is 0.224. The number of nitrogen functional groups attached to an aromatic ring is 1. The maximum absolute atomic E-state index is 11.5. The van der Waals surface area contributed by atoms with Gasteiger partial charge in [0.2, 0.25) is 10.0 Å². The van der Waals surface area contributed by atoms with Crippen molar-refractivity contribution in [2.75, 3.05) is 37.0 Å². The molecule has 1 aromatic rings. The van der Waals surface area contributed by atoms with Crippen LogP contribution in [0.25, 0.3) is 0 Å². The Morgan fingerprint density at radius 1 is 1.38 bits per heavy atom. The summed E-state index contributed by atoms with van der Waals surface area (Å²) in [6, 6.07) is 5.88. The third kappa shape index (κ3) is 4.01. The summed E-state index contributed by atoms with van der Waals surface area (Å²) in [6.07, 6.45) is 2.79. The van der Waals surface area contributed by atoms with Gasteiger partial charge in [0.15, 0.2) is 0 Å². The van der Waals surface area contributed by atoms with Gasteiger partial charge >= 0.3 is 0 Å². The Kier molecular flexibility index (Phi) is 4.95. The summed E-state index contributed by atoms with van der Waals surface area (Å²) < 4.78 is 30.0. The molecule has 0 bridgehead atoms. The summed E-state index contributed by atoms with van der Waals surface area (Å²) in [5.41, 5.74) is 7.54. The predicted octanol–water partition coefficient (Wildman–Crippen LogP) is 1.50. The Bertz CT molecular complexity index is 581. The minimum atomic E-state index is -3.08. The molecule has 1 aliphatic rings. The lowest BCUT2D eigenvalue weighted by molar-refractivity contribution is 0.331. The summed E-state index contributed by atoms with van der Waals surface area (Å²) in [6.45, 7) is 3.57. The molecule has 3 N–H and O–H groups in total. The molecular formula is C14H23N3O3S. The number of hydrogen-bond acceptors (Lipinski definition) is 5. The third-order valence-corrected chi connectivity index (χ3v) is 4.95. The van der Waals surface area contributed by atoms with Crippen molar-refractivity contribution in [2.45, 2.75) is 25.8 Å². The van der Waals surface area contributed by atoms with Gasteiger partial charge in [-0.15, -0.1) is 0 Å². The summed E-state index contributed by atoms with van der Waals surface area (Å²) in [4.78, 5) is 0. The van der Waals surface area contributed by atoms with E-state index in [1.54, 1.807) is 0 Å². The lowest BCUT2D eigenvalue weighted by Gasteiger charge is -2.31. The monoisotopic (exact) mass is 313 g/mol. The zero-order valence-electron chi connectivity index (χ0n) is 12.5. The highest BCUT2D eigenvalue weighted by Crippen LogP contribution is 2.31. The molecule has 1 heterocycles. The molecule has 0 amide bonds. The first-order valence-electron chi connectivity index (χ1n) is 7.14. The number of anilines is 2. The number of benzene rings is 1. The highest BCUT2D eigenvalue weighted by molar-refractivity contribution is 7.88. The van der Waals surface area contributed by atoms with E-state index >= 15 is 0 Å². The third-order valence-electron chi connectivity index (χ3n) is 3.65. The van der Waals surface area contributed by atoms with E-state index in [0.717, 1.165) is 18.5 Å². The van der Waals surface area contributed by atoms with E-state index in [1.807, 2.05) is 25.1 Å². The van der Waals surface area contributed by atoms with Crippen molar-refractivity contribution in [3.8, 4) is 5.75 Å². The van der Waals surface area contributed by atoms with Crippen LogP contribution in [0.3, 0.4) is 0 Å². The van der Waals surface area contributed by atoms with Crippen LogP contribution in [0.4, 0.5) is 11.4 Å². The fraction of sp³-hybridized carbons (Fsp3) is 0.571. The van der Waals surface area contributed by atoms with Crippen LogP contribution in [0.5, 0.6) is 5.75 Å². The number of nitrogens with zero attached hydrogens (tertiary/aromatic N) is 1. The van der Waals surface area contributed by atoms with E-state index in [0.29, 0.717) is 31.1 Å². The molecule has 1 aromatic carbocycles. The quantitative estimate of drug-likeness (QED) is 0.805. The molecule has 1 fully saturated rings. The zero-order chi connectivity index (χ0) is 15.5. The Morgan fingerprint density at radius 2 is 2.05 bits per heavy atom. The second-order valence-corrected chi connectivity index (χ2v) is 7.21. The molecule has 0 aliphatic carbocycles. The van der Waals surface area contributed by atoms with Crippen molar-refractivity contribution < 1.29 is 13.2 Å². The molecule has 118 valence electrons. The second-order valence-electron chi connectivity index (χ2n) is 5.23. The number of piperidine rings is 1. The van der Waals surface area contributed by atoms with Crippen LogP contribution < -0.4 is 15.8 Å². The summed E-state index contributed by atoms with van der Waals surface area (Å²) in [5, 5.41) is 3.39. The Hall–Kier alpha value is -1.47. The predicted molar refractivity (Wildman–Crippen MR) is 85.1 cm³/mol. The van der Waals surface area contributed by atoms with E-state index in [-0.39, 0.29) is 6.04 Å². The van der Waals surface area contributed by atoms with Crippen molar-refractivity contribution in [2.24, 2.45) is 0 Å². The SMILES string of the molecule is CCOc1cccc(NC2CCN(S(C)(=O)=O)CC2)c1N. The van der Waals surface area contributed by atoms with Crippen LogP contribution in [-0.2, 0) is 10.0 Å². The van der Waals surface area contributed by atoms with Crippen LogP contribution in [0.15, 0.2) is 18.2 Å². The fourth-order valence-corrected chi connectivity index (χ4v) is 3.38. The van der Waals surface area contributed by atoms with Crippen LogP contribution in [0.2, 0.25) is 0 Å². The van der Waals surface area contributed by atoms with Gasteiger partial charge in [0, 0.05) is 19.1 Å². The summed E-state index contributed by atoms with van der Waals surface area (Å²) >= 11 is 0. The first-order chi connectivity index (χ1) is 9.91. The van der Waals surface area contributed by atoms with E-state index in [1.165, 1.54) is 10.6 Å². The molecule has 1 aliphatic heterocycles. The van der Waals surface area contributed by atoms with Gasteiger partial charge in [0.1, 0.15) is 5.75 Å². The molecule has 0 saturated carbocycles. The maximum Gasteiger partial charge on any atom is 0.211 e. The molecule has 0 spiro atoms. The molecule has 6 nitrogen and oxygen atoms in total. The fourth-order valence-electron chi connectivity index (χ4n) is 2.50. The molecule has 0 atom stereocenters. The highest BCUT2D eigenvalue weighted by Gasteiger charge is 2.25. The van der Waals surface area contributed by atoms with Gasteiger partial charge in [-0.3, -0.25) is 0 Å². The molecule has 1 saturated heterocycles. The van der Waals surface area contributed by atoms with Gasteiger partial charge in [-0.1, -0.05) is 6.07 Å². The van der Waals surface area contributed by atoms with Crippen molar-refractivity contribution in [1.82, 2.24) is 4.31 Å². The lowest BCUT2D eigenvalue weighted by atomic mass is 10.1. The summed E-state index contributed by atoms with van der Waals surface area (Å²) in [7, 11) is -3.08. The van der Waals surface area contributed by atoms with E-state index in [2.05, 4.69) is 5.32 Å². The van der Waals surface area contributed by atoms with Crippen LogP contribution in [0.1, 0.15) is 19.8 Å². The van der Waals surface area contributed by atoms with Gasteiger partial charge in [-0.05, 0) is 31.9 Å². The van der Waals surface area contributed by atoms with E-state index in [4.69, 9.17) is 10.5 Å². The lowest BCUT2D eigenvalue weighted by Crippen LogP contribution is -2.41. The highest BCUT2D eigenvalue weighted by atomic mass is 32.2. The standard InChI is InChI=1S/C14H23N3O3S/c1-3-20-13-6-4-5-12(14(13)15)16-11-7-9-17(10-8-11)21(2,18)19/h4-6,11,16H,3,7-10,15H2,1-2H3. The van der Waals surface area contributed by atoms with E-state index in [9.17, 15) is 8.42 Å². The van der Waals surface area contributed by atoms with Crippen LogP contribution >= 0.6 is 0 Å². The van der Waals surface area contributed by atoms with Crippen LogP contribution in [-0.4, -0.2) is 44.7 Å². The Morgan fingerprint density at radius 3 is 2.62 bits per heavy atom. The van der Waals surface area contributed by atoms with Gasteiger partial charge in [-0.2, -0.15) is 0 Å². The molecular weight excluding hydrogens is 290 g/mol. The number of hydrogen-bond donors (Lipinski definition) is 2. The van der Waals surface area contributed by atoms with Gasteiger partial charge in [0.25, 0.3) is 0 Å². The molecule has 2 rings (SSSR count). The second kappa shape index (κ2) is 6.53.